The number of nitro groups is 2. The maximum Gasteiger partial charge on any atom is 0.289 e. The van der Waals surface area contributed by atoms with Gasteiger partial charge in [0.15, 0.2) is 0 Å². The standard InChI is InChI=1S/C15H22N4O5/c16-9-5-3-1-2-4-6-10-17-15(20)13-8-7-12(18(21)22)11-14(13)19(23)24/h7-8,11H,1-6,9-10,16H2,(H,17,20). The van der Waals surface area contributed by atoms with Crippen molar-refractivity contribution in [2.75, 3.05) is 13.1 Å². The number of nitrogens with one attached hydrogen (secondary N) is 1. The first-order valence-corrected chi connectivity index (χ1v) is 7.88. The molecule has 1 aromatic carbocycles. The average molecular weight is 338 g/mol. The van der Waals surface area contributed by atoms with Gasteiger partial charge in [-0.3, -0.25) is 25.0 Å². The van der Waals surface area contributed by atoms with Crippen LogP contribution < -0.4 is 11.1 Å². The molecule has 1 aromatic rings. The molecule has 24 heavy (non-hydrogen) atoms. The maximum absolute atomic E-state index is 12.0. The second-order valence-electron chi connectivity index (χ2n) is 5.38. The maximum atomic E-state index is 12.0. The van der Waals surface area contributed by atoms with Crippen LogP contribution in [0.25, 0.3) is 0 Å². The van der Waals surface area contributed by atoms with E-state index in [2.05, 4.69) is 5.32 Å². The molecule has 0 aliphatic rings. The molecule has 0 saturated carbocycles. The molecule has 0 fully saturated rings. The molecule has 0 spiro atoms. The summed E-state index contributed by atoms with van der Waals surface area (Å²) in [6.45, 7) is 1.11. The number of amides is 1. The highest BCUT2D eigenvalue weighted by Crippen LogP contribution is 2.24. The second-order valence-corrected chi connectivity index (χ2v) is 5.38. The monoisotopic (exact) mass is 338 g/mol. The zero-order valence-electron chi connectivity index (χ0n) is 13.4. The third-order valence-corrected chi connectivity index (χ3v) is 3.55. The summed E-state index contributed by atoms with van der Waals surface area (Å²) in [7, 11) is 0. The number of rotatable bonds is 11. The Kier molecular flexibility index (Phi) is 8.34. The van der Waals surface area contributed by atoms with Crippen LogP contribution in [0.3, 0.4) is 0 Å². The lowest BCUT2D eigenvalue weighted by molar-refractivity contribution is -0.394. The van der Waals surface area contributed by atoms with E-state index >= 15 is 0 Å². The van der Waals surface area contributed by atoms with Crippen molar-refractivity contribution < 1.29 is 14.6 Å². The molecule has 0 heterocycles. The van der Waals surface area contributed by atoms with Crippen molar-refractivity contribution in [2.24, 2.45) is 5.73 Å². The zero-order chi connectivity index (χ0) is 17.9. The average Bonchev–Trinajstić information content (AvgIpc) is 2.56. The Morgan fingerprint density at radius 2 is 1.62 bits per heavy atom. The van der Waals surface area contributed by atoms with Crippen LogP contribution in [0.15, 0.2) is 18.2 Å². The predicted octanol–water partition coefficient (Wildman–Crippen LogP) is 2.53. The fraction of sp³-hybridized carbons (Fsp3) is 0.533. The number of carbonyl (C=O) groups is 1. The van der Waals surface area contributed by atoms with E-state index in [0.29, 0.717) is 13.1 Å². The molecule has 9 heteroatoms. The van der Waals surface area contributed by atoms with Gasteiger partial charge in [-0.25, -0.2) is 0 Å². The Bertz CT molecular complexity index is 591. The minimum atomic E-state index is -0.792. The molecule has 9 nitrogen and oxygen atoms in total. The summed E-state index contributed by atoms with van der Waals surface area (Å²) in [5, 5.41) is 24.3. The summed E-state index contributed by atoms with van der Waals surface area (Å²) in [5.41, 5.74) is 4.25. The van der Waals surface area contributed by atoms with E-state index in [-0.39, 0.29) is 5.56 Å². The molecule has 3 N–H and O–H groups in total. The molecule has 0 atom stereocenters. The van der Waals surface area contributed by atoms with Crippen molar-refractivity contribution in [1.82, 2.24) is 5.32 Å². The van der Waals surface area contributed by atoms with E-state index in [9.17, 15) is 25.0 Å². The van der Waals surface area contributed by atoms with Crippen LogP contribution in [0.5, 0.6) is 0 Å². The molecule has 0 aromatic heterocycles. The van der Waals surface area contributed by atoms with Crippen LogP contribution in [0.4, 0.5) is 11.4 Å². The highest BCUT2D eigenvalue weighted by atomic mass is 16.6. The Morgan fingerprint density at radius 1 is 1.00 bits per heavy atom. The number of carbonyl (C=O) groups excluding carboxylic acids is 1. The third kappa shape index (κ3) is 6.29. The normalized spacial score (nSPS) is 10.4. The molecule has 0 saturated heterocycles. The van der Waals surface area contributed by atoms with Crippen molar-refractivity contribution >= 4 is 17.3 Å². The van der Waals surface area contributed by atoms with Crippen molar-refractivity contribution in [3.05, 3.63) is 44.0 Å². The molecule has 0 radical (unpaired) electrons. The van der Waals surface area contributed by atoms with E-state index in [1.54, 1.807) is 0 Å². The molecule has 0 unspecified atom stereocenters. The summed E-state index contributed by atoms with van der Waals surface area (Å²) in [4.78, 5) is 32.2. The number of unbranched alkanes of at least 4 members (excludes halogenated alkanes) is 5. The number of hydrogen-bond donors (Lipinski definition) is 2. The Morgan fingerprint density at radius 3 is 2.21 bits per heavy atom. The molecule has 0 aliphatic heterocycles. The van der Waals surface area contributed by atoms with Gasteiger partial charge in [0.1, 0.15) is 5.56 Å². The van der Waals surface area contributed by atoms with Gasteiger partial charge in [0.25, 0.3) is 17.3 Å². The summed E-state index contributed by atoms with van der Waals surface area (Å²) >= 11 is 0. The number of benzene rings is 1. The molecule has 0 bridgehead atoms. The van der Waals surface area contributed by atoms with Crippen LogP contribution in [0, 0.1) is 20.2 Å². The van der Waals surface area contributed by atoms with Gasteiger partial charge in [0, 0.05) is 12.6 Å². The van der Waals surface area contributed by atoms with Crippen LogP contribution >= 0.6 is 0 Å². The molecule has 1 rings (SSSR count). The Hall–Kier alpha value is -2.55. The lowest BCUT2D eigenvalue weighted by Crippen LogP contribution is -2.25. The lowest BCUT2D eigenvalue weighted by atomic mass is 10.1. The topological polar surface area (TPSA) is 141 Å². The fourth-order valence-corrected chi connectivity index (χ4v) is 2.25. The van der Waals surface area contributed by atoms with Crippen LogP contribution in [0.2, 0.25) is 0 Å². The number of nitrogens with zero attached hydrogens (tertiary/aromatic N) is 2. The minimum Gasteiger partial charge on any atom is -0.352 e. The first kappa shape index (κ1) is 19.5. The summed E-state index contributed by atoms with van der Waals surface area (Å²) in [6, 6.07) is 2.99. The quantitative estimate of drug-likeness (QED) is 0.361. The van der Waals surface area contributed by atoms with Crippen LogP contribution in [0.1, 0.15) is 48.9 Å². The van der Waals surface area contributed by atoms with E-state index < -0.39 is 27.1 Å². The predicted molar refractivity (Wildman–Crippen MR) is 88.8 cm³/mol. The van der Waals surface area contributed by atoms with Crippen LogP contribution in [-0.4, -0.2) is 28.8 Å². The third-order valence-electron chi connectivity index (χ3n) is 3.55. The highest BCUT2D eigenvalue weighted by Gasteiger charge is 2.23. The van der Waals surface area contributed by atoms with Crippen molar-refractivity contribution in [1.29, 1.82) is 0 Å². The van der Waals surface area contributed by atoms with E-state index in [0.717, 1.165) is 56.7 Å². The van der Waals surface area contributed by atoms with E-state index in [4.69, 9.17) is 5.73 Å². The number of nitrogens with two attached hydrogens (primary N) is 1. The minimum absolute atomic E-state index is 0.173. The Labute approximate surface area is 139 Å². The lowest BCUT2D eigenvalue weighted by Gasteiger charge is -2.06. The summed E-state index contributed by atoms with van der Waals surface area (Å²) in [6.07, 6.45) is 5.98. The van der Waals surface area contributed by atoms with Gasteiger partial charge in [-0.2, -0.15) is 0 Å². The number of nitro benzene ring substituents is 2. The number of hydrogen-bond acceptors (Lipinski definition) is 6. The molecule has 132 valence electrons. The smallest absolute Gasteiger partial charge is 0.289 e. The van der Waals surface area contributed by atoms with Crippen molar-refractivity contribution in [3.8, 4) is 0 Å². The van der Waals surface area contributed by atoms with Gasteiger partial charge in [0.05, 0.1) is 15.9 Å². The van der Waals surface area contributed by atoms with Gasteiger partial charge in [0.2, 0.25) is 0 Å². The van der Waals surface area contributed by atoms with Crippen molar-refractivity contribution in [3.63, 3.8) is 0 Å². The SMILES string of the molecule is NCCCCCCCCNC(=O)c1ccc([N+](=O)[O-])cc1[N+](=O)[O-]. The van der Waals surface area contributed by atoms with Gasteiger partial charge in [-0.05, 0) is 25.5 Å². The second kappa shape index (κ2) is 10.3. The largest absolute Gasteiger partial charge is 0.352 e. The first-order chi connectivity index (χ1) is 11.5. The van der Waals surface area contributed by atoms with E-state index in [1.165, 1.54) is 0 Å². The Balaban J connectivity index is 2.50. The molecular weight excluding hydrogens is 316 g/mol. The molecule has 0 aliphatic carbocycles. The zero-order valence-corrected chi connectivity index (χ0v) is 13.4. The van der Waals surface area contributed by atoms with Gasteiger partial charge >= 0.3 is 0 Å². The molecule has 1 amide bonds. The first-order valence-electron chi connectivity index (χ1n) is 7.88. The van der Waals surface area contributed by atoms with Gasteiger partial charge in [-0.1, -0.05) is 25.7 Å². The van der Waals surface area contributed by atoms with E-state index in [1.807, 2.05) is 0 Å². The van der Waals surface area contributed by atoms with Crippen LogP contribution in [-0.2, 0) is 0 Å². The van der Waals surface area contributed by atoms with Gasteiger partial charge in [-0.15, -0.1) is 0 Å². The van der Waals surface area contributed by atoms with Gasteiger partial charge < -0.3 is 11.1 Å². The fourth-order valence-electron chi connectivity index (χ4n) is 2.25. The summed E-state index contributed by atoms with van der Waals surface area (Å²) in [5.74, 6) is -0.597. The molecular formula is C15H22N4O5. The summed E-state index contributed by atoms with van der Waals surface area (Å²) < 4.78 is 0. The number of non-ortho nitro benzene ring substituents is 1. The highest BCUT2D eigenvalue weighted by molar-refractivity contribution is 5.98. The van der Waals surface area contributed by atoms with Crippen molar-refractivity contribution in [2.45, 2.75) is 38.5 Å².